The Morgan fingerprint density at radius 2 is 1.30 bits per heavy atom. The highest BCUT2D eigenvalue weighted by Gasteiger charge is 2.49. The van der Waals surface area contributed by atoms with E-state index in [-0.39, 0.29) is 51.9 Å². The summed E-state index contributed by atoms with van der Waals surface area (Å²) in [5.74, 6) is 7.91. The van der Waals surface area contributed by atoms with Gasteiger partial charge < -0.3 is 35.2 Å². The van der Waals surface area contributed by atoms with Crippen LogP contribution in [0.25, 0.3) is 0 Å². The zero-order valence-corrected chi connectivity index (χ0v) is 30.3. The number of hydrogen-bond donors (Lipinski definition) is 5. The third-order valence-corrected chi connectivity index (χ3v) is 15.3. The Kier molecular flexibility index (Phi) is 12.2. The second kappa shape index (κ2) is 16.0. The molecule has 5 N–H and O–H groups in total. The standard InChI is InChI=1S/C39H65NO6S/c1-5-31(41)24-15-19-27(20-16-24)38(43)45-34-29-9-7-8-10-30(29)35(46-39(44)28-21-17-25(18-22-28)32(42)6-2)36-33(34)40-37(47(36)4)26-13-11-23(3)12-14-26/h23-29,31-32,34,37-44H,4-22H2,1-3H3. The average Bonchev–Trinajstić information content (AvgIpc) is 3.45. The van der Waals surface area contributed by atoms with E-state index in [1.807, 2.05) is 13.8 Å². The quantitative estimate of drug-likeness (QED) is 0.115. The fraction of sp³-hybridized carbons (Fsp3) is 0.872. The summed E-state index contributed by atoms with van der Waals surface area (Å²) in [6.45, 7) is 6.46. The molecule has 8 heteroatoms. The highest BCUT2D eigenvalue weighted by atomic mass is 32.2. The van der Waals surface area contributed by atoms with E-state index in [2.05, 4.69) is 12.2 Å². The second-order valence-corrected chi connectivity index (χ2v) is 18.0. The largest absolute Gasteiger partial charge is 0.464 e. The average molecular weight is 676 g/mol. The Hall–Kier alpha value is -0.900. The summed E-state index contributed by atoms with van der Waals surface area (Å²) in [5, 5.41) is 48.4. The molecular formula is C39H65NO6S. The van der Waals surface area contributed by atoms with Crippen molar-refractivity contribution in [2.75, 3.05) is 0 Å². The number of hydrogen-bond acceptors (Lipinski definition) is 7. The molecule has 4 fully saturated rings. The minimum absolute atomic E-state index is 0.0586. The van der Waals surface area contributed by atoms with Crippen molar-refractivity contribution in [2.24, 2.45) is 41.4 Å². The second-order valence-electron chi connectivity index (χ2n) is 16.2. The number of nitrogens with one attached hydrogen (secondary N) is 1. The SMILES string of the molecule is C=S1C2=C(NC1C1CCC(C)CC1)C(OC(O)C1CCC(C(O)CC)CC1)C1CCCCC1=C2OC(O)C1CCC(C(O)CC)CC1. The Bertz CT molecular complexity index is 1130. The first-order valence-corrected chi connectivity index (χ1v) is 21.0. The summed E-state index contributed by atoms with van der Waals surface area (Å²) in [5.41, 5.74) is 2.32. The molecule has 268 valence electrons. The lowest BCUT2D eigenvalue weighted by molar-refractivity contribution is -0.178. The molecule has 0 bridgehead atoms. The molecule has 1 aliphatic heterocycles. The van der Waals surface area contributed by atoms with E-state index in [9.17, 15) is 20.4 Å². The van der Waals surface area contributed by atoms with Gasteiger partial charge in [0.15, 0.2) is 12.6 Å². The van der Waals surface area contributed by atoms with Crippen LogP contribution in [0.1, 0.15) is 136 Å². The van der Waals surface area contributed by atoms with Crippen molar-refractivity contribution in [3.05, 3.63) is 21.9 Å². The van der Waals surface area contributed by atoms with Crippen molar-refractivity contribution < 1.29 is 29.9 Å². The lowest BCUT2D eigenvalue weighted by Crippen LogP contribution is -2.44. The zero-order valence-electron chi connectivity index (χ0n) is 29.5. The highest BCUT2D eigenvalue weighted by molar-refractivity contribution is 8.18. The number of rotatable bonds is 11. The van der Waals surface area contributed by atoms with Crippen LogP contribution >= 0.6 is 10.5 Å². The molecule has 6 aliphatic rings. The van der Waals surface area contributed by atoms with Crippen LogP contribution in [0.4, 0.5) is 0 Å². The molecule has 0 amide bonds. The van der Waals surface area contributed by atoms with Gasteiger partial charge in [0.25, 0.3) is 0 Å². The fourth-order valence-corrected chi connectivity index (χ4v) is 12.2. The highest BCUT2D eigenvalue weighted by Crippen LogP contribution is 2.56. The van der Waals surface area contributed by atoms with E-state index in [0.29, 0.717) is 17.8 Å². The number of aliphatic hydroxyl groups excluding tert-OH is 4. The summed E-state index contributed by atoms with van der Waals surface area (Å²) in [6, 6.07) is 0. The van der Waals surface area contributed by atoms with Crippen LogP contribution in [0.15, 0.2) is 21.9 Å². The molecule has 8 unspecified atom stereocenters. The maximum absolute atomic E-state index is 11.6. The first-order valence-electron chi connectivity index (χ1n) is 19.5. The molecule has 1 heterocycles. The summed E-state index contributed by atoms with van der Waals surface area (Å²) in [7, 11) is -0.365. The smallest absolute Gasteiger partial charge is 0.200 e. The topological polar surface area (TPSA) is 111 Å². The van der Waals surface area contributed by atoms with Gasteiger partial charge in [-0.1, -0.05) is 45.9 Å². The van der Waals surface area contributed by atoms with Gasteiger partial charge >= 0.3 is 0 Å². The van der Waals surface area contributed by atoms with Gasteiger partial charge in [0.05, 0.1) is 28.2 Å². The van der Waals surface area contributed by atoms with Crippen LogP contribution in [-0.4, -0.2) is 62.6 Å². The normalized spacial score (nSPS) is 40.6. The van der Waals surface area contributed by atoms with E-state index < -0.39 is 12.6 Å². The van der Waals surface area contributed by atoms with Gasteiger partial charge in [0.1, 0.15) is 11.9 Å². The van der Waals surface area contributed by atoms with Crippen LogP contribution in [0.5, 0.6) is 0 Å². The Balaban J connectivity index is 1.24. The third kappa shape index (κ3) is 7.73. The Morgan fingerprint density at radius 3 is 1.87 bits per heavy atom. The molecule has 0 spiro atoms. The van der Waals surface area contributed by atoms with Crippen molar-refractivity contribution in [2.45, 2.75) is 173 Å². The Morgan fingerprint density at radius 1 is 0.745 bits per heavy atom. The van der Waals surface area contributed by atoms with E-state index in [4.69, 9.17) is 15.3 Å². The molecule has 6 rings (SSSR count). The first-order chi connectivity index (χ1) is 22.7. The van der Waals surface area contributed by atoms with Gasteiger partial charge in [0, 0.05) is 17.8 Å². The van der Waals surface area contributed by atoms with Crippen molar-refractivity contribution in [1.29, 1.82) is 0 Å². The van der Waals surface area contributed by atoms with E-state index in [1.165, 1.54) is 31.3 Å². The predicted molar refractivity (Wildman–Crippen MR) is 190 cm³/mol. The summed E-state index contributed by atoms with van der Waals surface area (Å²) < 4.78 is 13.6. The zero-order chi connectivity index (χ0) is 33.2. The minimum Gasteiger partial charge on any atom is -0.464 e. The maximum atomic E-state index is 11.6. The number of ether oxygens (including phenoxy) is 2. The molecule has 7 nitrogen and oxygen atoms in total. The van der Waals surface area contributed by atoms with Crippen molar-refractivity contribution in [3.8, 4) is 0 Å². The molecule has 0 saturated heterocycles. The third-order valence-electron chi connectivity index (χ3n) is 13.3. The molecule has 0 aromatic rings. The van der Waals surface area contributed by atoms with E-state index in [0.717, 1.165) is 112 Å². The summed E-state index contributed by atoms with van der Waals surface area (Å²) >= 11 is 0. The minimum atomic E-state index is -0.878. The molecule has 4 saturated carbocycles. The fourth-order valence-electron chi connectivity index (χ4n) is 10.0. The van der Waals surface area contributed by atoms with Crippen LogP contribution < -0.4 is 5.32 Å². The summed E-state index contributed by atoms with van der Waals surface area (Å²) in [4.78, 5) is 1.11. The monoisotopic (exact) mass is 675 g/mol. The van der Waals surface area contributed by atoms with Crippen molar-refractivity contribution in [1.82, 2.24) is 5.32 Å². The molecule has 8 atom stereocenters. The lowest BCUT2D eigenvalue weighted by Gasteiger charge is -2.42. The van der Waals surface area contributed by atoms with Gasteiger partial charge in [0.2, 0.25) is 0 Å². The maximum Gasteiger partial charge on any atom is 0.200 e. The molecule has 0 aromatic heterocycles. The molecule has 0 aromatic carbocycles. The lowest BCUT2D eigenvalue weighted by atomic mass is 9.75. The molecule has 5 aliphatic carbocycles. The van der Waals surface area contributed by atoms with Gasteiger partial charge in [-0.3, -0.25) is 0 Å². The number of fused-ring (bicyclic) bond motifs is 1. The van der Waals surface area contributed by atoms with Gasteiger partial charge in [-0.2, -0.15) is 0 Å². The van der Waals surface area contributed by atoms with Crippen LogP contribution in [0.2, 0.25) is 0 Å². The van der Waals surface area contributed by atoms with Crippen LogP contribution in [0.3, 0.4) is 0 Å². The molecule has 47 heavy (non-hydrogen) atoms. The molecule has 0 radical (unpaired) electrons. The van der Waals surface area contributed by atoms with Gasteiger partial charge in [-0.05, 0) is 126 Å². The molecular weight excluding hydrogens is 610 g/mol. The van der Waals surface area contributed by atoms with Crippen LogP contribution in [-0.2, 0) is 9.47 Å². The Labute approximate surface area is 286 Å². The first kappa shape index (κ1) is 35.9. The van der Waals surface area contributed by atoms with Crippen molar-refractivity contribution >= 4 is 16.4 Å². The summed E-state index contributed by atoms with van der Waals surface area (Å²) in [6.07, 6.45) is 15.3. The van der Waals surface area contributed by atoms with Gasteiger partial charge in [-0.25, -0.2) is 0 Å². The number of aliphatic hydroxyl groups is 4. The van der Waals surface area contributed by atoms with Gasteiger partial charge in [-0.15, -0.1) is 10.5 Å². The van der Waals surface area contributed by atoms with E-state index >= 15 is 0 Å². The van der Waals surface area contributed by atoms with E-state index in [1.54, 1.807) is 0 Å². The van der Waals surface area contributed by atoms with Crippen molar-refractivity contribution in [3.63, 3.8) is 0 Å². The predicted octanol–water partition coefficient (Wildman–Crippen LogP) is 7.31. The van der Waals surface area contributed by atoms with Crippen LogP contribution in [0, 0.1) is 41.4 Å².